The molecule has 0 bridgehead atoms. The fourth-order valence-corrected chi connectivity index (χ4v) is 3.10. The molecule has 0 heterocycles. The molecule has 1 N–H and O–H groups in total. The van der Waals surface area contributed by atoms with E-state index < -0.39 is 11.7 Å². The predicted molar refractivity (Wildman–Crippen MR) is 122 cm³/mol. The van der Waals surface area contributed by atoms with Gasteiger partial charge in [0.1, 0.15) is 5.60 Å². The van der Waals surface area contributed by atoms with Crippen molar-refractivity contribution in [3.63, 3.8) is 0 Å². The molecule has 0 saturated carbocycles. The number of amides is 1. The van der Waals surface area contributed by atoms with Gasteiger partial charge in [-0.15, -0.1) is 0 Å². The Hall–Kier alpha value is -1.68. The van der Waals surface area contributed by atoms with Gasteiger partial charge < -0.3 is 10.1 Å². The maximum Gasteiger partial charge on any atom is 0.408 e. The summed E-state index contributed by atoms with van der Waals surface area (Å²) in [7, 11) is 0. The first-order valence-electron chi connectivity index (χ1n) is 11.6. The molecule has 0 aromatic carbocycles. The van der Waals surface area contributed by atoms with E-state index in [1.165, 1.54) is 70.6 Å². The first-order chi connectivity index (χ1) is 13.9. The third-order valence-electron chi connectivity index (χ3n) is 4.64. The minimum Gasteiger partial charge on any atom is -0.444 e. The number of hydrogen-bond donors (Lipinski definition) is 1. The van der Waals surface area contributed by atoms with Crippen molar-refractivity contribution in [2.24, 2.45) is 5.11 Å². The lowest BCUT2D eigenvalue weighted by molar-refractivity contribution is 0.0516. The van der Waals surface area contributed by atoms with E-state index in [2.05, 4.69) is 28.3 Å². The van der Waals surface area contributed by atoms with Gasteiger partial charge in [0, 0.05) is 11.5 Å². The van der Waals surface area contributed by atoms with Gasteiger partial charge in [-0.2, -0.15) is 0 Å². The molecule has 6 heteroatoms. The van der Waals surface area contributed by atoms with Gasteiger partial charge in [-0.05, 0) is 39.1 Å². The van der Waals surface area contributed by atoms with Crippen LogP contribution in [0.15, 0.2) is 17.3 Å². The number of nitrogens with zero attached hydrogens (tertiary/aromatic N) is 3. The summed E-state index contributed by atoms with van der Waals surface area (Å²) in [5.74, 6) is 0. The van der Waals surface area contributed by atoms with E-state index in [1.807, 2.05) is 26.8 Å². The quantitative estimate of drug-likeness (QED) is 0.0873. The van der Waals surface area contributed by atoms with Crippen LogP contribution in [0.2, 0.25) is 0 Å². The molecule has 0 aromatic rings. The minimum absolute atomic E-state index is 0.185. The van der Waals surface area contributed by atoms with Crippen LogP contribution in [-0.2, 0) is 4.74 Å². The third-order valence-corrected chi connectivity index (χ3v) is 4.64. The number of carbonyl (C=O) groups excluding carboxylic acids is 1. The molecule has 0 radical (unpaired) electrons. The van der Waals surface area contributed by atoms with Crippen molar-refractivity contribution in [2.75, 3.05) is 6.54 Å². The second-order valence-electron chi connectivity index (χ2n) is 8.77. The van der Waals surface area contributed by atoms with E-state index in [0.29, 0.717) is 0 Å². The molecule has 0 aromatic heterocycles. The normalized spacial score (nSPS) is 12.6. The molecule has 168 valence electrons. The Morgan fingerprint density at radius 2 is 1.52 bits per heavy atom. The summed E-state index contributed by atoms with van der Waals surface area (Å²) in [6, 6.07) is -0.335. The summed E-state index contributed by atoms with van der Waals surface area (Å²) in [6.45, 7) is 7.90. The summed E-state index contributed by atoms with van der Waals surface area (Å²) in [5.41, 5.74) is 7.97. The van der Waals surface area contributed by atoms with Crippen molar-refractivity contribution < 1.29 is 9.53 Å². The molecule has 0 fully saturated rings. The maximum absolute atomic E-state index is 11.9. The molecule has 29 heavy (non-hydrogen) atoms. The van der Waals surface area contributed by atoms with Crippen molar-refractivity contribution >= 4 is 6.09 Å². The Morgan fingerprint density at radius 3 is 2.00 bits per heavy atom. The Balaban J connectivity index is 3.80. The zero-order valence-corrected chi connectivity index (χ0v) is 19.3. The van der Waals surface area contributed by atoms with Crippen LogP contribution in [-0.4, -0.2) is 24.3 Å². The van der Waals surface area contributed by atoms with Gasteiger partial charge in [0.15, 0.2) is 0 Å². The van der Waals surface area contributed by atoms with Gasteiger partial charge in [-0.3, -0.25) is 0 Å². The van der Waals surface area contributed by atoms with E-state index in [1.54, 1.807) is 0 Å². The van der Waals surface area contributed by atoms with Gasteiger partial charge in [0.25, 0.3) is 0 Å². The van der Waals surface area contributed by atoms with Crippen LogP contribution in [0.25, 0.3) is 10.4 Å². The zero-order valence-electron chi connectivity index (χ0n) is 19.3. The average Bonchev–Trinajstić information content (AvgIpc) is 2.64. The van der Waals surface area contributed by atoms with Crippen LogP contribution >= 0.6 is 0 Å². The molecular weight excluding hydrogens is 364 g/mol. The number of unbranched alkanes of at least 4 members (excludes halogenated alkanes) is 12. The first kappa shape index (κ1) is 27.3. The fraction of sp³-hybridized carbons (Fsp3) is 0.870. The summed E-state index contributed by atoms with van der Waals surface area (Å²) in [5, 5.41) is 6.31. The number of allylic oxidation sites excluding steroid dienone is 1. The Kier molecular flexibility index (Phi) is 17.3. The van der Waals surface area contributed by atoms with Crippen LogP contribution in [0.4, 0.5) is 4.79 Å². The number of ether oxygens (including phenoxy) is 1. The van der Waals surface area contributed by atoms with Crippen LogP contribution in [0.5, 0.6) is 0 Å². The topological polar surface area (TPSA) is 87.1 Å². The summed E-state index contributed by atoms with van der Waals surface area (Å²) in [4.78, 5) is 14.7. The molecule has 0 spiro atoms. The smallest absolute Gasteiger partial charge is 0.408 e. The molecular formula is C23H44N4O2. The zero-order chi connectivity index (χ0) is 21.8. The van der Waals surface area contributed by atoms with E-state index >= 15 is 0 Å². The third kappa shape index (κ3) is 20.9. The molecule has 0 saturated heterocycles. The highest BCUT2D eigenvalue weighted by Crippen LogP contribution is 2.13. The van der Waals surface area contributed by atoms with E-state index in [-0.39, 0.29) is 12.6 Å². The monoisotopic (exact) mass is 408 g/mol. The summed E-state index contributed by atoms with van der Waals surface area (Å²) in [6.07, 6.45) is 20.5. The number of alkyl carbamates (subject to hydrolysis) is 1. The lowest BCUT2D eigenvalue weighted by Gasteiger charge is -2.21. The van der Waals surface area contributed by atoms with Crippen molar-refractivity contribution in [1.29, 1.82) is 0 Å². The standard InChI is InChI=1S/C23H44N4O2/c1-5-6-7-8-9-10-11-12-13-14-15-16-17-18-19-21(20-25-27-24)26-22(28)29-23(2,3)4/h18-19,21H,5-17,20H2,1-4H3,(H,26,28)/b19-18-/t21-/m1/s1. The van der Waals surface area contributed by atoms with Crippen molar-refractivity contribution in [3.8, 4) is 0 Å². The highest BCUT2D eigenvalue weighted by molar-refractivity contribution is 5.68. The highest BCUT2D eigenvalue weighted by atomic mass is 16.6. The molecule has 1 amide bonds. The molecule has 0 rings (SSSR count). The maximum atomic E-state index is 11.9. The predicted octanol–water partition coefficient (Wildman–Crippen LogP) is 7.84. The van der Waals surface area contributed by atoms with Crippen LogP contribution in [0.1, 0.15) is 111 Å². The number of azide groups is 1. The number of rotatable bonds is 17. The first-order valence-corrected chi connectivity index (χ1v) is 11.6. The highest BCUT2D eigenvalue weighted by Gasteiger charge is 2.17. The van der Waals surface area contributed by atoms with Gasteiger partial charge in [0.2, 0.25) is 0 Å². The lowest BCUT2D eigenvalue weighted by Crippen LogP contribution is -2.39. The summed E-state index contributed by atoms with van der Waals surface area (Å²) < 4.78 is 5.25. The fourth-order valence-electron chi connectivity index (χ4n) is 3.10. The molecule has 6 nitrogen and oxygen atoms in total. The molecule has 0 aliphatic heterocycles. The van der Waals surface area contributed by atoms with E-state index in [4.69, 9.17) is 10.3 Å². The Morgan fingerprint density at radius 1 is 1.00 bits per heavy atom. The number of carbonyl (C=O) groups is 1. The van der Waals surface area contributed by atoms with Gasteiger partial charge >= 0.3 is 6.09 Å². The average molecular weight is 409 g/mol. The lowest BCUT2D eigenvalue weighted by atomic mass is 10.0. The SMILES string of the molecule is CCCCCCCCCCCCCC/C=C\[C@H](CN=[N+]=[N-])NC(=O)OC(C)(C)C. The minimum atomic E-state index is -0.550. The largest absolute Gasteiger partial charge is 0.444 e. The van der Waals surface area contributed by atoms with Gasteiger partial charge in [-0.25, -0.2) is 4.79 Å². The summed E-state index contributed by atoms with van der Waals surface area (Å²) >= 11 is 0. The van der Waals surface area contributed by atoms with Crippen molar-refractivity contribution in [3.05, 3.63) is 22.6 Å². The molecule has 0 unspecified atom stereocenters. The van der Waals surface area contributed by atoms with Gasteiger partial charge in [0.05, 0.1) is 6.04 Å². The number of hydrogen-bond acceptors (Lipinski definition) is 3. The van der Waals surface area contributed by atoms with E-state index in [9.17, 15) is 4.79 Å². The van der Waals surface area contributed by atoms with Gasteiger partial charge in [-0.1, -0.05) is 94.8 Å². The Labute approximate surface area is 178 Å². The molecule has 0 aliphatic carbocycles. The Bertz CT molecular complexity index is 480. The second kappa shape index (κ2) is 18.4. The van der Waals surface area contributed by atoms with Crippen molar-refractivity contribution in [1.82, 2.24) is 5.32 Å². The molecule has 0 aliphatic rings. The van der Waals surface area contributed by atoms with Crippen LogP contribution in [0, 0.1) is 0 Å². The van der Waals surface area contributed by atoms with Crippen LogP contribution < -0.4 is 5.32 Å². The number of nitrogens with one attached hydrogen (secondary N) is 1. The second-order valence-corrected chi connectivity index (χ2v) is 8.77. The molecule has 1 atom stereocenters. The van der Waals surface area contributed by atoms with Crippen molar-refractivity contribution in [2.45, 2.75) is 123 Å². The van der Waals surface area contributed by atoms with Crippen LogP contribution in [0.3, 0.4) is 0 Å². The van der Waals surface area contributed by atoms with E-state index in [0.717, 1.165) is 12.8 Å².